The van der Waals surface area contributed by atoms with E-state index >= 15 is 0 Å². The number of nitrogens with zero attached hydrogens (tertiary/aromatic N) is 2. The number of nitrogens with one attached hydrogen (secondary N) is 1. The molecule has 0 bridgehead atoms. The molecule has 0 saturated heterocycles. The molecule has 144 valence electrons. The van der Waals surface area contributed by atoms with Crippen molar-refractivity contribution >= 4 is 17.5 Å². The number of methoxy groups -OCH3 is 2. The lowest BCUT2D eigenvalue weighted by Gasteiger charge is -2.29. The molecule has 0 aliphatic carbocycles. The van der Waals surface area contributed by atoms with Gasteiger partial charge < -0.3 is 14.4 Å². The Labute approximate surface area is 168 Å². The number of hydrogen-bond donors (Lipinski definition) is 1. The Bertz CT molecular complexity index is 968. The minimum Gasteiger partial charge on any atom is -0.354 e. The maximum atomic E-state index is 13.2. The van der Waals surface area contributed by atoms with Crippen molar-refractivity contribution in [2.24, 2.45) is 0 Å². The van der Waals surface area contributed by atoms with Gasteiger partial charge in [-0.15, -0.1) is 0 Å². The van der Waals surface area contributed by atoms with Gasteiger partial charge in [0.05, 0.1) is 18.3 Å². The summed E-state index contributed by atoms with van der Waals surface area (Å²) in [5, 5.41) is 8.02. The fourth-order valence-corrected chi connectivity index (χ4v) is 3.72. The lowest BCUT2D eigenvalue weighted by atomic mass is 9.96. The highest BCUT2D eigenvalue weighted by Gasteiger charge is 2.43. The van der Waals surface area contributed by atoms with Crippen LogP contribution in [0, 0.1) is 0 Å². The second-order valence-electron chi connectivity index (χ2n) is 6.54. The van der Waals surface area contributed by atoms with E-state index in [1.54, 1.807) is 19.1 Å². The quantitative estimate of drug-likeness (QED) is 0.641. The molecule has 0 spiro atoms. The Morgan fingerprint density at radius 3 is 2.43 bits per heavy atom. The number of H-pyrrole nitrogens is 1. The van der Waals surface area contributed by atoms with Gasteiger partial charge in [0.1, 0.15) is 5.69 Å². The van der Waals surface area contributed by atoms with Gasteiger partial charge in [0.2, 0.25) is 0 Å². The molecule has 1 aliphatic rings. The van der Waals surface area contributed by atoms with E-state index in [-0.39, 0.29) is 18.5 Å². The van der Waals surface area contributed by atoms with E-state index in [1.165, 1.54) is 0 Å². The number of amides is 1. The number of fused-ring (bicyclic) bond motifs is 1. The van der Waals surface area contributed by atoms with Crippen molar-refractivity contribution in [3.8, 4) is 11.3 Å². The van der Waals surface area contributed by atoms with E-state index in [0.29, 0.717) is 10.7 Å². The first kappa shape index (κ1) is 18.7. The third-order valence-electron chi connectivity index (χ3n) is 4.97. The fraction of sp³-hybridized carbons (Fsp3) is 0.238. The van der Waals surface area contributed by atoms with Gasteiger partial charge >= 0.3 is 0 Å². The van der Waals surface area contributed by atoms with Crippen LogP contribution in [0.1, 0.15) is 27.7 Å². The Kier molecular flexibility index (Phi) is 5.17. The molecule has 4 rings (SSSR count). The molecule has 1 aliphatic heterocycles. The summed E-state index contributed by atoms with van der Waals surface area (Å²) in [7, 11) is 3.12. The maximum Gasteiger partial charge on any atom is 0.273 e. The molecule has 1 N–H and O–H groups in total. The van der Waals surface area contributed by atoms with E-state index in [0.717, 1.165) is 22.4 Å². The molecule has 0 fully saturated rings. The Morgan fingerprint density at radius 2 is 1.79 bits per heavy atom. The Hall–Kier alpha value is -2.67. The summed E-state index contributed by atoms with van der Waals surface area (Å²) in [4.78, 5) is 14.9. The molecule has 0 saturated carbocycles. The molecule has 28 heavy (non-hydrogen) atoms. The van der Waals surface area contributed by atoms with Crippen LogP contribution >= 0.6 is 11.6 Å². The zero-order valence-electron chi connectivity index (χ0n) is 15.6. The van der Waals surface area contributed by atoms with Crippen LogP contribution in [0.25, 0.3) is 11.3 Å². The van der Waals surface area contributed by atoms with E-state index in [1.807, 2.05) is 54.6 Å². The van der Waals surface area contributed by atoms with E-state index < -0.39 is 6.29 Å². The van der Waals surface area contributed by atoms with Gasteiger partial charge in [-0.1, -0.05) is 54.1 Å². The van der Waals surface area contributed by atoms with Crippen molar-refractivity contribution in [1.82, 2.24) is 15.1 Å². The molecular weight excluding hydrogens is 378 g/mol. The number of carbonyl (C=O) groups excluding carboxylic acids is 1. The van der Waals surface area contributed by atoms with Crippen molar-refractivity contribution < 1.29 is 14.3 Å². The van der Waals surface area contributed by atoms with Crippen LogP contribution in [0.4, 0.5) is 0 Å². The summed E-state index contributed by atoms with van der Waals surface area (Å²) < 4.78 is 10.7. The Morgan fingerprint density at radius 1 is 1.11 bits per heavy atom. The van der Waals surface area contributed by atoms with Crippen LogP contribution in [-0.4, -0.2) is 48.1 Å². The average Bonchev–Trinajstić information content (AvgIpc) is 3.27. The first-order chi connectivity index (χ1) is 13.6. The largest absolute Gasteiger partial charge is 0.354 e. The van der Waals surface area contributed by atoms with Crippen LogP contribution in [0.5, 0.6) is 0 Å². The third-order valence-corrected chi connectivity index (χ3v) is 5.22. The summed E-state index contributed by atoms with van der Waals surface area (Å²) in [5.41, 5.74) is 4.00. The predicted octanol–water partition coefficient (Wildman–Crippen LogP) is 3.89. The van der Waals surface area contributed by atoms with Gasteiger partial charge in [0.25, 0.3) is 5.91 Å². The molecule has 2 heterocycles. The molecular formula is C21H20ClN3O3. The third kappa shape index (κ3) is 3.20. The molecule has 1 amide bonds. The fourth-order valence-electron chi connectivity index (χ4n) is 3.60. The average molecular weight is 398 g/mol. The number of benzene rings is 2. The minimum atomic E-state index is -0.532. The summed E-state index contributed by atoms with van der Waals surface area (Å²) >= 11 is 6.08. The predicted molar refractivity (Wildman–Crippen MR) is 106 cm³/mol. The van der Waals surface area contributed by atoms with Gasteiger partial charge in [-0.05, 0) is 17.7 Å². The molecule has 1 atom stereocenters. The lowest BCUT2D eigenvalue weighted by molar-refractivity contribution is -0.113. The normalized spacial score (nSPS) is 16.1. The van der Waals surface area contributed by atoms with Crippen LogP contribution in [0.15, 0.2) is 54.6 Å². The molecule has 3 aromatic rings. The highest BCUT2D eigenvalue weighted by atomic mass is 35.5. The second-order valence-corrected chi connectivity index (χ2v) is 6.98. The van der Waals surface area contributed by atoms with Crippen LogP contribution in [0.2, 0.25) is 5.02 Å². The number of aromatic amines is 1. The molecule has 0 radical (unpaired) electrons. The van der Waals surface area contributed by atoms with Gasteiger partial charge in [0, 0.05) is 30.4 Å². The standard InChI is InChI=1S/C21H20ClN3O3/c1-27-16(28-2)12-25-20(14-8-10-15(22)11-9-14)17-18(13-6-4-3-5-7-13)23-24-19(17)21(25)26/h3-11,16,20H,12H2,1-2H3,(H,23,24). The molecule has 1 aromatic heterocycles. The van der Waals surface area contributed by atoms with Crippen molar-refractivity contribution in [2.45, 2.75) is 12.3 Å². The number of carbonyl (C=O) groups is 1. The highest BCUT2D eigenvalue weighted by molar-refractivity contribution is 6.30. The Balaban J connectivity index is 1.84. The zero-order valence-corrected chi connectivity index (χ0v) is 16.3. The zero-order chi connectivity index (χ0) is 19.7. The summed E-state index contributed by atoms with van der Waals surface area (Å²) in [6.07, 6.45) is -0.532. The van der Waals surface area contributed by atoms with Gasteiger partial charge in [0.15, 0.2) is 6.29 Å². The van der Waals surface area contributed by atoms with Crippen LogP contribution in [-0.2, 0) is 9.47 Å². The van der Waals surface area contributed by atoms with Crippen molar-refractivity contribution in [1.29, 1.82) is 0 Å². The van der Waals surface area contributed by atoms with Crippen molar-refractivity contribution in [2.75, 3.05) is 20.8 Å². The van der Waals surface area contributed by atoms with Crippen molar-refractivity contribution in [3.63, 3.8) is 0 Å². The van der Waals surface area contributed by atoms with Crippen molar-refractivity contribution in [3.05, 3.63) is 76.4 Å². The molecule has 2 aromatic carbocycles. The summed E-state index contributed by atoms with van der Waals surface area (Å²) in [5.74, 6) is -0.135. The SMILES string of the molecule is COC(CN1C(=O)c2[nH]nc(-c3ccccc3)c2C1c1ccc(Cl)cc1)OC. The first-order valence-corrected chi connectivity index (χ1v) is 9.27. The number of halogens is 1. The maximum absolute atomic E-state index is 13.2. The van der Waals surface area contributed by atoms with Crippen LogP contribution in [0.3, 0.4) is 0 Å². The molecule has 1 unspecified atom stereocenters. The van der Waals surface area contributed by atoms with E-state index in [2.05, 4.69) is 10.2 Å². The topological polar surface area (TPSA) is 67.5 Å². The summed E-state index contributed by atoms with van der Waals surface area (Å²) in [6.45, 7) is 0.288. The number of rotatable bonds is 6. The molecule has 7 heteroatoms. The molecule has 6 nitrogen and oxygen atoms in total. The number of ether oxygens (including phenoxy) is 2. The van der Waals surface area contributed by atoms with E-state index in [9.17, 15) is 4.79 Å². The van der Waals surface area contributed by atoms with Gasteiger partial charge in [-0.25, -0.2) is 0 Å². The monoisotopic (exact) mass is 397 g/mol. The van der Waals surface area contributed by atoms with Crippen LogP contribution < -0.4 is 0 Å². The highest BCUT2D eigenvalue weighted by Crippen LogP contribution is 2.43. The number of aromatic nitrogens is 2. The lowest BCUT2D eigenvalue weighted by Crippen LogP contribution is -2.38. The number of hydrogen-bond acceptors (Lipinski definition) is 4. The summed E-state index contributed by atoms with van der Waals surface area (Å²) in [6, 6.07) is 17.0. The first-order valence-electron chi connectivity index (χ1n) is 8.89. The van der Waals surface area contributed by atoms with E-state index in [4.69, 9.17) is 21.1 Å². The van der Waals surface area contributed by atoms with Gasteiger partial charge in [-0.3, -0.25) is 9.89 Å². The second kappa shape index (κ2) is 7.75. The van der Waals surface area contributed by atoms with Gasteiger partial charge in [-0.2, -0.15) is 5.10 Å². The smallest absolute Gasteiger partial charge is 0.273 e. The minimum absolute atomic E-state index is 0.135.